The van der Waals surface area contributed by atoms with Crippen LogP contribution in [0, 0.1) is 17.8 Å². The Hall–Kier alpha value is -2.43. The summed E-state index contributed by atoms with van der Waals surface area (Å²) in [6.45, 7) is 2.34. The molecule has 2 heterocycles. The van der Waals surface area contributed by atoms with Gasteiger partial charge in [-0.2, -0.15) is 18.3 Å². The van der Waals surface area contributed by atoms with Gasteiger partial charge in [0.2, 0.25) is 5.91 Å². The van der Waals surface area contributed by atoms with Crippen LogP contribution in [0.5, 0.6) is 0 Å². The molecule has 172 valence electrons. The molecule has 11 heteroatoms. The zero-order valence-electron chi connectivity index (χ0n) is 17.3. The zero-order chi connectivity index (χ0) is 23.0. The molecule has 1 atom stereocenters. The van der Waals surface area contributed by atoms with Gasteiger partial charge in [-0.05, 0) is 84.5 Å². The van der Waals surface area contributed by atoms with Crippen molar-refractivity contribution in [2.75, 3.05) is 5.32 Å². The van der Waals surface area contributed by atoms with Crippen molar-refractivity contribution in [2.45, 2.75) is 51.4 Å². The molecule has 0 unspecified atom stereocenters. The first-order chi connectivity index (χ1) is 15.2. The maximum absolute atomic E-state index is 13.2. The molecule has 2 aromatic rings. The Morgan fingerprint density at radius 1 is 1.19 bits per heavy atom. The van der Waals surface area contributed by atoms with E-state index in [4.69, 9.17) is 0 Å². The third-order valence-electron chi connectivity index (χ3n) is 5.90. The molecule has 2 aliphatic rings. The highest BCUT2D eigenvalue weighted by atomic mass is 79.9. The van der Waals surface area contributed by atoms with Crippen LogP contribution in [0.2, 0.25) is 0 Å². The predicted octanol–water partition coefficient (Wildman–Crippen LogP) is 4.25. The predicted molar refractivity (Wildman–Crippen MR) is 114 cm³/mol. The molecule has 2 saturated carbocycles. The molecule has 4 rings (SSSR count). The van der Waals surface area contributed by atoms with Crippen LogP contribution in [0.3, 0.4) is 0 Å². The lowest BCUT2D eigenvalue weighted by molar-refractivity contribution is -0.141. The lowest BCUT2D eigenvalue weighted by Gasteiger charge is -2.27. The van der Waals surface area contributed by atoms with Crippen molar-refractivity contribution in [1.82, 2.24) is 20.1 Å². The number of rotatable bonds is 8. The van der Waals surface area contributed by atoms with Crippen LogP contribution in [-0.4, -0.2) is 32.6 Å². The normalized spacial score (nSPS) is 17.3. The van der Waals surface area contributed by atoms with Crippen LogP contribution in [0.15, 0.2) is 28.9 Å². The fourth-order valence-electron chi connectivity index (χ4n) is 4.14. The molecule has 7 nitrogen and oxygen atoms in total. The van der Waals surface area contributed by atoms with Gasteiger partial charge in [0.25, 0.3) is 5.91 Å². The second-order valence-electron chi connectivity index (χ2n) is 8.25. The summed E-state index contributed by atoms with van der Waals surface area (Å²) in [6.07, 6.45) is 0.739. The Morgan fingerprint density at radius 2 is 1.84 bits per heavy atom. The lowest BCUT2D eigenvalue weighted by atomic mass is 9.88. The van der Waals surface area contributed by atoms with Crippen molar-refractivity contribution < 1.29 is 22.8 Å². The molecule has 2 amide bonds. The molecular formula is C21H23BrF3N5O2. The van der Waals surface area contributed by atoms with E-state index in [0.717, 1.165) is 25.7 Å². The fraction of sp³-hybridized carbons (Fsp3) is 0.524. The van der Waals surface area contributed by atoms with E-state index >= 15 is 0 Å². The van der Waals surface area contributed by atoms with Crippen molar-refractivity contribution in [2.24, 2.45) is 17.8 Å². The Bertz CT molecular complexity index is 1010. The highest BCUT2D eigenvalue weighted by Crippen LogP contribution is 2.51. The van der Waals surface area contributed by atoms with Gasteiger partial charge in [-0.1, -0.05) is 0 Å². The van der Waals surface area contributed by atoms with Crippen LogP contribution >= 0.6 is 15.9 Å². The van der Waals surface area contributed by atoms with E-state index in [0.29, 0.717) is 24.1 Å². The maximum atomic E-state index is 13.2. The number of anilines is 1. The number of carbonyl (C=O) groups excluding carboxylic acids is 2. The number of carbonyl (C=O) groups is 2. The van der Waals surface area contributed by atoms with E-state index in [2.05, 4.69) is 36.6 Å². The number of alkyl halides is 3. The van der Waals surface area contributed by atoms with Crippen LogP contribution in [0.1, 0.15) is 48.8 Å². The van der Waals surface area contributed by atoms with Crippen molar-refractivity contribution in [3.63, 3.8) is 0 Å². The van der Waals surface area contributed by atoms with Crippen LogP contribution in [-0.2, 0) is 17.5 Å². The topological polar surface area (TPSA) is 88.9 Å². The molecule has 2 fully saturated rings. The number of aryl methyl sites for hydroxylation is 1. The monoisotopic (exact) mass is 513 g/mol. The second kappa shape index (κ2) is 8.84. The summed E-state index contributed by atoms with van der Waals surface area (Å²) in [5.74, 6) is -0.636. The standard InChI is InChI=1S/C21H23BrF3N5O2/c1-2-30-14(9-10-26-30)19(31)29-17(16(11-3-4-11)12-5-6-12)20(32)28-15-8-7-13(22)18(27-15)21(23,24)25/h7-12,16-17H,2-6H2,1H3,(H,29,31)(H,27,28,32)/t17-/m0/s1. The van der Waals surface area contributed by atoms with Crippen LogP contribution in [0.4, 0.5) is 19.0 Å². The number of nitrogens with zero attached hydrogens (tertiary/aromatic N) is 3. The molecular weight excluding hydrogens is 491 g/mol. The van der Waals surface area contributed by atoms with E-state index in [1.54, 1.807) is 6.07 Å². The number of hydrogen-bond donors (Lipinski definition) is 2. The number of amides is 2. The highest BCUT2D eigenvalue weighted by molar-refractivity contribution is 9.10. The average Bonchev–Trinajstić information content (AvgIpc) is 3.67. The number of pyridine rings is 1. The summed E-state index contributed by atoms with van der Waals surface area (Å²) in [5.41, 5.74) is -0.791. The molecule has 32 heavy (non-hydrogen) atoms. The first-order valence-electron chi connectivity index (χ1n) is 10.6. The molecule has 0 saturated heterocycles. The molecule has 0 radical (unpaired) electrons. The van der Waals surface area contributed by atoms with Crippen LogP contribution in [0.25, 0.3) is 0 Å². The SMILES string of the molecule is CCn1nccc1C(=O)N[C@H](C(=O)Nc1ccc(Br)c(C(F)(F)F)n1)C(C1CC1)C1CC1. The average molecular weight is 514 g/mol. The van der Waals surface area contributed by atoms with Gasteiger partial charge < -0.3 is 10.6 Å². The molecule has 2 N–H and O–H groups in total. The second-order valence-corrected chi connectivity index (χ2v) is 9.10. The van der Waals surface area contributed by atoms with E-state index in [9.17, 15) is 22.8 Å². The maximum Gasteiger partial charge on any atom is 0.434 e. The largest absolute Gasteiger partial charge is 0.434 e. The Labute approximate surface area is 191 Å². The number of nitrogens with one attached hydrogen (secondary N) is 2. The summed E-state index contributed by atoms with van der Waals surface area (Å²) >= 11 is 2.85. The Kier molecular flexibility index (Phi) is 6.28. The summed E-state index contributed by atoms with van der Waals surface area (Å²) < 4.78 is 40.9. The van der Waals surface area contributed by atoms with Crippen LogP contribution < -0.4 is 10.6 Å². The summed E-state index contributed by atoms with van der Waals surface area (Å²) in [4.78, 5) is 29.8. The smallest absolute Gasteiger partial charge is 0.339 e. The van der Waals surface area contributed by atoms with E-state index < -0.39 is 29.7 Å². The molecule has 0 aromatic carbocycles. The van der Waals surface area contributed by atoms with Crippen molar-refractivity contribution in [3.05, 3.63) is 40.3 Å². The Balaban J connectivity index is 1.59. The van der Waals surface area contributed by atoms with E-state index in [-0.39, 0.29) is 16.2 Å². The quantitative estimate of drug-likeness (QED) is 0.552. The van der Waals surface area contributed by atoms with Gasteiger partial charge in [0.05, 0.1) is 0 Å². The van der Waals surface area contributed by atoms with Gasteiger partial charge >= 0.3 is 6.18 Å². The van der Waals surface area contributed by atoms with Gasteiger partial charge in [0, 0.05) is 17.2 Å². The minimum absolute atomic E-state index is 0.0607. The van der Waals surface area contributed by atoms with E-state index in [1.807, 2.05) is 6.92 Å². The summed E-state index contributed by atoms with van der Waals surface area (Å²) in [7, 11) is 0. The molecule has 0 spiro atoms. The summed E-state index contributed by atoms with van der Waals surface area (Å²) in [6, 6.07) is 3.19. The first kappa shape index (κ1) is 22.8. The third-order valence-corrected chi connectivity index (χ3v) is 6.54. The lowest BCUT2D eigenvalue weighted by Crippen LogP contribution is -2.50. The van der Waals surface area contributed by atoms with E-state index in [1.165, 1.54) is 23.0 Å². The Morgan fingerprint density at radius 3 is 2.41 bits per heavy atom. The number of hydrogen-bond acceptors (Lipinski definition) is 4. The van der Waals surface area contributed by atoms with Gasteiger partial charge in [0.1, 0.15) is 17.6 Å². The van der Waals surface area contributed by atoms with Crippen molar-refractivity contribution in [3.8, 4) is 0 Å². The van der Waals surface area contributed by atoms with Gasteiger partial charge in [-0.15, -0.1) is 0 Å². The molecule has 0 aliphatic heterocycles. The fourth-order valence-corrected chi connectivity index (χ4v) is 4.58. The molecule has 2 aliphatic carbocycles. The minimum Gasteiger partial charge on any atom is -0.339 e. The van der Waals surface area contributed by atoms with Gasteiger partial charge in [-0.25, -0.2) is 4.98 Å². The number of aromatic nitrogens is 3. The van der Waals surface area contributed by atoms with Gasteiger partial charge in [0.15, 0.2) is 5.69 Å². The van der Waals surface area contributed by atoms with Gasteiger partial charge in [-0.3, -0.25) is 14.3 Å². The minimum atomic E-state index is -4.67. The third kappa shape index (κ3) is 4.97. The number of halogens is 4. The first-order valence-corrected chi connectivity index (χ1v) is 11.4. The summed E-state index contributed by atoms with van der Waals surface area (Å²) in [5, 5.41) is 9.43. The highest BCUT2D eigenvalue weighted by Gasteiger charge is 2.48. The van der Waals surface area contributed by atoms with Crippen molar-refractivity contribution in [1.29, 1.82) is 0 Å². The molecule has 2 aromatic heterocycles. The molecule has 0 bridgehead atoms. The van der Waals surface area contributed by atoms with Crippen molar-refractivity contribution >= 4 is 33.6 Å². The zero-order valence-corrected chi connectivity index (χ0v) is 18.9.